The first-order chi connectivity index (χ1) is 15.0. The number of aryl methyl sites for hydroxylation is 1. The van der Waals surface area contributed by atoms with Gasteiger partial charge in [-0.2, -0.15) is 0 Å². The van der Waals surface area contributed by atoms with Crippen LogP contribution in [-0.4, -0.2) is 46.0 Å². The summed E-state index contributed by atoms with van der Waals surface area (Å²) in [7, 11) is 2.08. The monoisotopic (exact) mass is 424 g/mol. The average Bonchev–Trinajstić information content (AvgIpc) is 3.12. The maximum absolute atomic E-state index is 12.0. The van der Waals surface area contributed by atoms with Gasteiger partial charge >= 0.3 is 6.09 Å². The summed E-state index contributed by atoms with van der Waals surface area (Å²) < 4.78 is 8.67. The zero-order chi connectivity index (χ0) is 21.5. The van der Waals surface area contributed by atoms with E-state index >= 15 is 0 Å². The average molecular weight is 425 g/mol. The number of hydrogen-bond donors (Lipinski definition) is 2. The van der Waals surface area contributed by atoms with Gasteiger partial charge in [0.05, 0.1) is 17.5 Å². The van der Waals surface area contributed by atoms with E-state index in [4.69, 9.17) is 9.72 Å². The number of benzene rings is 1. The van der Waals surface area contributed by atoms with Gasteiger partial charge in [0.1, 0.15) is 11.6 Å². The molecule has 3 heterocycles. The molecule has 7 heteroatoms. The molecule has 5 rings (SSSR count). The Morgan fingerprint density at radius 3 is 2.65 bits per heavy atom. The molecule has 1 aromatic heterocycles. The van der Waals surface area contributed by atoms with Gasteiger partial charge in [-0.25, -0.2) is 9.78 Å². The number of aromatic nitrogens is 2. The molecule has 166 valence electrons. The predicted molar refractivity (Wildman–Crippen MR) is 120 cm³/mol. The Kier molecular flexibility index (Phi) is 5.38. The number of ether oxygens (including phenoxy) is 1. The molecular weight excluding hydrogens is 392 g/mol. The third-order valence-corrected chi connectivity index (χ3v) is 7.18. The van der Waals surface area contributed by atoms with Crippen LogP contribution in [-0.2, 0) is 13.5 Å². The van der Waals surface area contributed by atoms with Crippen molar-refractivity contribution in [2.24, 2.45) is 7.05 Å². The number of hydrogen-bond acceptors (Lipinski definition) is 4. The highest BCUT2D eigenvalue weighted by Gasteiger charge is 2.33. The lowest BCUT2D eigenvalue weighted by Crippen LogP contribution is -2.41. The highest BCUT2D eigenvalue weighted by atomic mass is 16.5. The third kappa shape index (κ3) is 3.69. The molecule has 7 nitrogen and oxygen atoms in total. The van der Waals surface area contributed by atoms with Crippen molar-refractivity contribution < 1.29 is 14.6 Å². The van der Waals surface area contributed by atoms with Crippen molar-refractivity contribution in [3.8, 4) is 17.0 Å². The highest BCUT2D eigenvalue weighted by Crippen LogP contribution is 2.44. The van der Waals surface area contributed by atoms with Crippen LogP contribution in [0.25, 0.3) is 11.3 Å². The van der Waals surface area contributed by atoms with Crippen LogP contribution in [0.3, 0.4) is 0 Å². The minimum Gasteiger partial charge on any atom is -0.489 e. The maximum atomic E-state index is 12.0. The zero-order valence-electron chi connectivity index (χ0n) is 18.4. The first-order valence-electron chi connectivity index (χ1n) is 11.6. The van der Waals surface area contributed by atoms with E-state index in [0.717, 1.165) is 85.7 Å². The molecule has 2 aromatic rings. The van der Waals surface area contributed by atoms with E-state index < -0.39 is 6.09 Å². The first-order valence-corrected chi connectivity index (χ1v) is 11.6. The van der Waals surface area contributed by atoms with Crippen LogP contribution >= 0.6 is 0 Å². The maximum Gasteiger partial charge on any atom is 0.412 e. The Labute approximate surface area is 183 Å². The van der Waals surface area contributed by atoms with Crippen LogP contribution in [0.15, 0.2) is 18.3 Å². The first kappa shape index (κ1) is 20.4. The lowest BCUT2D eigenvalue weighted by molar-refractivity contribution is 0.119. The Morgan fingerprint density at radius 1 is 1.19 bits per heavy atom. The van der Waals surface area contributed by atoms with Crippen molar-refractivity contribution in [2.45, 2.75) is 69.9 Å². The number of nitrogens with zero attached hydrogens (tertiary/aromatic N) is 3. The van der Waals surface area contributed by atoms with Gasteiger partial charge in [-0.05, 0) is 77.1 Å². The third-order valence-electron chi connectivity index (χ3n) is 7.18. The van der Waals surface area contributed by atoms with Gasteiger partial charge in [0.25, 0.3) is 0 Å². The van der Waals surface area contributed by atoms with E-state index in [2.05, 4.69) is 23.1 Å². The molecule has 1 amide bonds. The number of amides is 1. The summed E-state index contributed by atoms with van der Waals surface area (Å²) in [5.74, 6) is 2.44. The van der Waals surface area contributed by atoms with Crippen LogP contribution < -0.4 is 15.0 Å². The highest BCUT2D eigenvalue weighted by molar-refractivity contribution is 5.91. The predicted octanol–water partition coefficient (Wildman–Crippen LogP) is 4.30. The topological polar surface area (TPSA) is 79.6 Å². The van der Waals surface area contributed by atoms with E-state index in [9.17, 15) is 9.90 Å². The van der Waals surface area contributed by atoms with Crippen molar-refractivity contribution >= 4 is 11.8 Å². The molecule has 1 aromatic carbocycles. The van der Waals surface area contributed by atoms with E-state index in [1.807, 2.05) is 19.1 Å². The molecule has 2 fully saturated rings. The second-order valence-electron chi connectivity index (χ2n) is 9.27. The number of carbonyl (C=O) groups is 1. The Balaban J connectivity index is 1.58. The fraction of sp³-hybridized carbons (Fsp3) is 0.583. The number of rotatable bonds is 4. The molecule has 1 saturated carbocycles. The Morgan fingerprint density at radius 2 is 1.97 bits per heavy atom. The summed E-state index contributed by atoms with van der Waals surface area (Å²) in [5, 5.41) is 13.2. The van der Waals surface area contributed by atoms with Crippen LogP contribution in [0.2, 0.25) is 0 Å². The van der Waals surface area contributed by atoms with Crippen molar-refractivity contribution in [2.75, 3.05) is 18.0 Å². The molecule has 0 bridgehead atoms. The Hall–Kier alpha value is -2.54. The van der Waals surface area contributed by atoms with Crippen LogP contribution in [0.1, 0.15) is 62.8 Å². The number of carboxylic acid groups (broad SMARTS) is 1. The van der Waals surface area contributed by atoms with Gasteiger partial charge in [0.15, 0.2) is 0 Å². The second kappa shape index (κ2) is 8.19. The van der Waals surface area contributed by atoms with E-state index in [1.165, 1.54) is 11.3 Å². The molecule has 1 atom stereocenters. The smallest absolute Gasteiger partial charge is 0.412 e. The minimum atomic E-state index is -0.901. The van der Waals surface area contributed by atoms with E-state index in [0.29, 0.717) is 5.92 Å². The molecular formula is C24H32N4O3. The van der Waals surface area contributed by atoms with Crippen molar-refractivity contribution in [1.29, 1.82) is 0 Å². The summed E-state index contributed by atoms with van der Waals surface area (Å²) in [6.45, 7) is 4.04. The molecule has 1 aliphatic carbocycles. The second-order valence-corrected chi connectivity index (χ2v) is 9.27. The quantitative estimate of drug-likeness (QED) is 0.765. The SMILES string of the molecule is C[C@H]1CCc2c(ccc(-c3cn(C)c(C4CCNCC4)n3)c2OC2CCC2)N1C(=O)O. The van der Waals surface area contributed by atoms with Crippen LogP contribution in [0.4, 0.5) is 10.5 Å². The molecule has 1 saturated heterocycles. The largest absolute Gasteiger partial charge is 0.489 e. The fourth-order valence-electron chi connectivity index (χ4n) is 5.16. The molecule has 0 unspecified atom stereocenters. The lowest BCUT2D eigenvalue weighted by atomic mass is 9.92. The van der Waals surface area contributed by atoms with Gasteiger partial charge in [0.2, 0.25) is 0 Å². The van der Waals surface area contributed by atoms with Gasteiger partial charge in [0, 0.05) is 36.3 Å². The normalized spacial score (nSPS) is 22.1. The lowest BCUT2D eigenvalue weighted by Gasteiger charge is -2.36. The summed E-state index contributed by atoms with van der Waals surface area (Å²) in [4.78, 5) is 18.5. The number of piperidine rings is 1. The zero-order valence-corrected chi connectivity index (χ0v) is 18.4. The number of anilines is 1. The van der Waals surface area contributed by atoms with Crippen molar-refractivity contribution in [1.82, 2.24) is 14.9 Å². The van der Waals surface area contributed by atoms with Crippen molar-refractivity contribution in [3.63, 3.8) is 0 Å². The summed E-state index contributed by atoms with van der Waals surface area (Å²) in [5.41, 5.74) is 3.69. The minimum absolute atomic E-state index is 0.0335. The van der Waals surface area contributed by atoms with E-state index in [-0.39, 0.29) is 12.1 Å². The molecule has 31 heavy (non-hydrogen) atoms. The van der Waals surface area contributed by atoms with Gasteiger partial charge in [-0.15, -0.1) is 0 Å². The molecule has 2 aliphatic heterocycles. The summed E-state index contributed by atoms with van der Waals surface area (Å²) >= 11 is 0. The molecule has 0 radical (unpaired) electrons. The van der Waals surface area contributed by atoms with Crippen molar-refractivity contribution in [3.05, 3.63) is 29.7 Å². The summed E-state index contributed by atoms with van der Waals surface area (Å²) in [6, 6.07) is 3.92. The molecule has 2 N–H and O–H groups in total. The van der Waals surface area contributed by atoms with Gasteiger partial charge < -0.3 is 19.7 Å². The number of nitrogens with one attached hydrogen (secondary N) is 1. The van der Waals surface area contributed by atoms with Gasteiger partial charge in [-0.3, -0.25) is 4.90 Å². The molecule has 0 spiro atoms. The summed E-state index contributed by atoms with van der Waals surface area (Å²) in [6.07, 6.45) is 8.56. The van der Waals surface area contributed by atoms with Gasteiger partial charge in [-0.1, -0.05) is 0 Å². The fourth-order valence-corrected chi connectivity index (χ4v) is 5.16. The number of imidazole rings is 1. The molecule has 3 aliphatic rings. The van der Waals surface area contributed by atoms with Crippen LogP contribution in [0.5, 0.6) is 5.75 Å². The standard InChI is InChI=1S/C24H32N4O3/c1-15-6-7-19-21(28(15)24(29)30)9-8-18(22(19)31-17-4-3-5-17)20-14-27(2)23(26-20)16-10-12-25-13-11-16/h8-9,14-17,25H,3-7,10-13H2,1-2H3,(H,29,30)/t15-/m0/s1. The van der Waals surface area contributed by atoms with Crippen LogP contribution in [0, 0.1) is 0 Å². The Bertz CT molecular complexity index is 975. The van der Waals surface area contributed by atoms with E-state index in [1.54, 1.807) is 0 Å². The number of fused-ring (bicyclic) bond motifs is 1.